The summed E-state index contributed by atoms with van der Waals surface area (Å²) in [5.74, 6) is 0. The first kappa shape index (κ1) is 15.8. The quantitative estimate of drug-likeness (QED) is 0.865. The van der Waals surface area contributed by atoms with E-state index in [-0.39, 0.29) is 6.54 Å². The van der Waals surface area contributed by atoms with Crippen LogP contribution in [-0.2, 0) is 12.7 Å². The minimum Gasteiger partial charge on any atom is -0.330 e. The fraction of sp³-hybridized carbons (Fsp3) is 0.500. The van der Waals surface area contributed by atoms with Crippen molar-refractivity contribution in [1.29, 1.82) is 0 Å². The van der Waals surface area contributed by atoms with Gasteiger partial charge in [0, 0.05) is 18.4 Å². The molecule has 0 N–H and O–H groups in total. The van der Waals surface area contributed by atoms with Crippen LogP contribution in [-0.4, -0.2) is 14.1 Å². The van der Waals surface area contributed by atoms with Crippen LogP contribution in [0.2, 0.25) is 0 Å². The zero-order chi connectivity index (χ0) is 16.4. The van der Waals surface area contributed by atoms with Crippen molar-refractivity contribution >= 4 is 0 Å². The lowest BCUT2D eigenvalue weighted by molar-refractivity contribution is -0.138. The molecule has 0 aliphatic heterocycles. The summed E-state index contributed by atoms with van der Waals surface area (Å²) in [7, 11) is 0. The lowest BCUT2D eigenvalue weighted by atomic mass is 9.95. The highest BCUT2D eigenvalue weighted by Gasteiger charge is 2.34. The molecular formula is C16H18F3N3O. The third-order valence-electron chi connectivity index (χ3n) is 4.37. The summed E-state index contributed by atoms with van der Waals surface area (Å²) in [4.78, 5) is 16.2. The molecule has 0 bridgehead atoms. The number of hydrogen-bond donors (Lipinski definition) is 0. The Balaban J connectivity index is 1.89. The van der Waals surface area contributed by atoms with Crippen molar-refractivity contribution in [2.24, 2.45) is 0 Å². The third-order valence-corrected chi connectivity index (χ3v) is 4.37. The van der Waals surface area contributed by atoms with Crippen molar-refractivity contribution in [3.63, 3.8) is 0 Å². The average molecular weight is 325 g/mol. The molecule has 0 radical (unpaired) electrons. The van der Waals surface area contributed by atoms with Gasteiger partial charge in [0.1, 0.15) is 5.56 Å². The Morgan fingerprint density at radius 3 is 2.65 bits per heavy atom. The van der Waals surface area contributed by atoms with E-state index >= 15 is 0 Å². The highest BCUT2D eigenvalue weighted by atomic mass is 19.4. The zero-order valence-corrected chi connectivity index (χ0v) is 12.6. The average Bonchev–Trinajstić information content (AvgIpc) is 2.97. The Morgan fingerprint density at radius 1 is 1.22 bits per heavy atom. The number of rotatable bonds is 3. The van der Waals surface area contributed by atoms with Gasteiger partial charge in [-0.2, -0.15) is 13.2 Å². The summed E-state index contributed by atoms with van der Waals surface area (Å²) in [6, 6.07) is 2.39. The number of pyridine rings is 1. The molecular weight excluding hydrogens is 307 g/mol. The molecule has 1 aliphatic carbocycles. The molecule has 0 unspecified atom stereocenters. The van der Waals surface area contributed by atoms with E-state index in [0.717, 1.165) is 42.0 Å². The van der Waals surface area contributed by atoms with Crippen LogP contribution >= 0.6 is 0 Å². The van der Waals surface area contributed by atoms with E-state index in [4.69, 9.17) is 0 Å². The largest absolute Gasteiger partial charge is 0.421 e. The molecule has 0 spiro atoms. The second-order valence-electron chi connectivity index (χ2n) is 5.94. The number of hydrogen-bond acceptors (Lipinski definition) is 2. The molecule has 1 saturated carbocycles. The van der Waals surface area contributed by atoms with Gasteiger partial charge in [0.2, 0.25) is 0 Å². The van der Waals surface area contributed by atoms with Crippen LogP contribution in [0.5, 0.6) is 0 Å². The molecule has 124 valence electrons. The Bertz CT molecular complexity index is 727. The van der Waals surface area contributed by atoms with Gasteiger partial charge in [-0.05, 0) is 25.0 Å². The Morgan fingerprint density at radius 2 is 1.96 bits per heavy atom. The van der Waals surface area contributed by atoms with Crippen molar-refractivity contribution in [3.8, 4) is 0 Å². The van der Waals surface area contributed by atoms with Crippen molar-refractivity contribution in [2.75, 3.05) is 0 Å². The molecule has 7 heteroatoms. The van der Waals surface area contributed by atoms with E-state index in [1.165, 1.54) is 18.7 Å². The van der Waals surface area contributed by atoms with E-state index in [0.29, 0.717) is 6.04 Å². The highest BCUT2D eigenvalue weighted by Crippen LogP contribution is 2.29. The molecule has 23 heavy (non-hydrogen) atoms. The summed E-state index contributed by atoms with van der Waals surface area (Å²) in [6.45, 7) is 0.0965. The fourth-order valence-electron chi connectivity index (χ4n) is 3.19. The van der Waals surface area contributed by atoms with Crippen molar-refractivity contribution < 1.29 is 13.2 Å². The minimum absolute atomic E-state index is 0.0965. The molecule has 0 atom stereocenters. The van der Waals surface area contributed by atoms with E-state index < -0.39 is 17.3 Å². The molecule has 1 aliphatic rings. The normalized spacial score (nSPS) is 16.7. The second-order valence-corrected chi connectivity index (χ2v) is 5.94. The summed E-state index contributed by atoms with van der Waals surface area (Å²) in [6.07, 6.45) is 5.68. The van der Waals surface area contributed by atoms with Gasteiger partial charge in [-0.15, -0.1) is 0 Å². The van der Waals surface area contributed by atoms with Crippen molar-refractivity contribution in [2.45, 2.75) is 50.9 Å². The molecule has 4 nitrogen and oxygen atoms in total. The van der Waals surface area contributed by atoms with Crippen LogP contribution in [0.3, 0.4) is 0 Å². The summed E-state index contributed by atoms with van der Waals surface area (Å²) < 4.78 is 41.6. The van der Waals surface area contributed by atoms with Gasteiger partial charge in [0.15, 0.2) is 0 Å². The number of imidazole rings is 1. The highest BCUT2D eigenvalue weighted by molar-refractivity contribution is 5.15. The van der Waals surface area contributed by atoms with Gasteiger partial charge < -0.3 is 9.13 Å². The first-order valence-electron chi connectivity index (χ1n) is 7.74. The van der Waals surface area contributed by atoms with Crippen molar-refractivity contribution in [3.05, 3.63) is 52.5 Å². The summed E-state index contributed by atoms with van der Waals surface area (Å²) >= 11 is 0. The Kier molecular flexibility index (Phi) is 4.28. The molecule has 3 rings (SSSR count). The topological polar surface area (TPSA) is 39.8 Å². The smallest absolute Gasteiger partial charge is 0.330 e. The van der Waals surface area contributed by atoms with Gasteiger partial charge in [-0.25, -0.2) is 4.98 Å². The predicted octanol–water partition coefficient (Wildman–Crippen LogP) is 3.62. The van der Waals surface area contributed by atoms with Crippen LogP contribution in [0.4, 0.5) is 13.2 Å². The monoisotopic (exact) mass is 325 g/mol. The minimum atomic E-state index is -4.64. The molecule has 0 aromatic carbocycles. The molecule has 2 heterocycles. The molecule has 1 fully saturated rings. The van der Waals surface area contributed by atoms with Crippen LogP contribution in [0, 0.1) is 0 Å². The van der Waals surface area contributed by atoms with Crippen LogP contribution in [0.25, 0.3) is 0 Å². The van der Waals surface area contributed by atoms with Crippen LogP contribution in [0.1, 0.15) is 49.4 Å². The number of alkyl halides is 3. The number of aromatic nitrogens is 3. The van der Waals surface area contributed by atoms with E-state index in [2.05, 4.69) is 4.98 Å². The van der Waals surface area contributed by atoms with Gasteiger partial charge in [0.05, 0.1) is 18.6 Å². The van der Waals surface area contributed by atoms with Gasteiger partial charge in [0.25, 0.3) is 5.56 Å². The Hall–Kier alpha value is -2.05. The lowest BCUT2D eigenvalue weighted by Crippen LogP contribution is -2.29. The SMILES string of the molecule is O=c1c(C(F)(F)F)cccn1Cc1cncn1C1CCCCC1. The number of halogens is 3. The van der Waals surface area contributed by atoms with E-state index in [9.17, 15) is 18.0 Å². The van der Waals surface area contributed by atoms with Crippen LogP contribution in [0.15, 0.2) is 35.6 Å². The van der Waals surface area contributed by atoms with Gasteiger partial charge in [-0.1, -0.05) is 19.3 Å². The van der Waals surface area contributed by atoms with Crippen LogP contribution < -0.4 is 5.56 Å². The molecule has 0 saturated heterocycles. The first-order valence-corrected chi connectivity index (χ1v) is 7.74. The molecule has 2 aromatic heterocycles. The Labute approximate surface area is 131 Å². The zero-order valence-electron chi connectivity index (χ0n) is 12.6. The maximum absolute atomic E-state index is 12.8. The van der Waals surface area contributed by atoms with Crippen molar-refractivity contribution in [1.82, 2.24) is 14.1 Å². The molecule has 0 amide bonds. The predicted molar refractivity (Wildman–Crippen MR) is 79.2 cm³/mol. The first-order chi connectivity index (χ1) is 11.0. The summed E-state index contributed by atoms with van der Waals surface area (Å²) in [5.41, 5.74) is -1.39. The number of nitrogens with zero attached hydrogens (tertiary/aromatic N) is 3. The third kappa shape index (κ3) is 3.33. The van der Waals surface area contributed by atoms with E-state index in [1.54, 1.807) is 12.5 Å². The maximum atomic E-state index is 12.8. The standard InChI is InChI=1S/C16H18F3N3O/c17-16(18,19)14-7-4-8-21(15(14)23)10-13-9-20-11-22(13)12-5-2-1-3-6-12/h4,7-9,11-12H,1-3,5-6,10H2. The lowest BCUT2D eigenvalue weighted by Gasteiger charge is -2.25. The summed E-state index contributed by atoms with van der Waals surface area (Å²) in [5, 5.41) is 0. The maximum Gasteiger partial charge on any atom is 0.421 e. The van der Waals surface area contributed by atoms with E-state index in [1.807, 2.05) is 4.57 Å². The second kappa shape index (κ2) is 6.22. The van der Waals surface area contributed by atoms with Gasteiger partial charge >= 0.3 is 6.18 Å². The fourth-order valence-corrected chi connectivity index (χ4v) is 3.19. The van der Waals surface area contributed by atoms with Gasteiger partial charge in [-0.3, -0.25) is 4.79 Å². The molecule has 2 aromatic rings.